The largest absolute Gasteiger partial charge is 0.491 e. The van der Waals surface area contributed by atoms with Gasteiger partial charge in [-0.15, -0.1) is 0 Å². The molecule has 4 heteroatoms. The van der Waals surface area contributed by atoms with Crippen molar-refractivity contribution in [3.8, 4) is 5.75 Å². The lowest BCUT2D eigenvalue weighted by Crippen LogP contribution is -2.42. The molecule has 1 aromatic rings. The zero-order chi connectivity index (χ0) is 16.8. The van der Waals surface area contributed by atoms with E-state index in [1.165, 1.54) is 0 Å². The maximum absolute atomic E-state index is 12.5. The SMILES string of the molecule is CCC[C@@](C)(OCC)C(=O)Nc1ccc(OC(C)C)c(C)c1. The van der Waals surface area contributed by atoms with Crippen LogP contribution < -0.4 is 10.1 Å². The lowest BCUT2D eigenvalue weighted by Gasteiger charge is -2.28. The minimum absolute atomic E-state index is 0.104. The molecule has 0 radical (unpaired) electrons. The smallest absolute Gasteiger partial charge is 0.256 e. The first-order valence-electron chi connectivity index (χ1n) is 8.05. The summed E-state index contributed by atoms with van der Waals surface area (Å²) in [5.74, 6) is 0.738. The van der Waals surface area contributed by atoms with E-state index >= 15 is 0 Å². The first-order chi connectivity index (χ1) is 10.3. The van der Waals surface area contributed by atoms with Gasteiger partial charge in [0.25, 0.3) is 5.91 Å². The Morgan fingerprint density at radius 3 is 2.50 bits per heavy atom. The van der Waals surface area contributed by atoms with Crippen LogP contribution in [0.1, 0.15) is 53.0 Å². The lowest BCUT2D eigenvalue weighted by molar-refractivity contribution is -0.139. The first-order valence-corrected chi connectivity index (χ1v) is 8.05. The van der Waals surface area contributed by atoms with Crippen molar-refractivity contribution in [3.63, 3.8) is 0 Å². The number of hydrogen-bond acceptors (Lipinski definition) is 3. The molecule has 0 spiro atoms. The highest BCUT2D eigenvalue weighted by atomic mass is 16.5. The van der Waals surface area contributed by atoms with Crippen LogP contribution in [0.4, 0.5) is 5.69 Å². The van der Waals surface area contributed by atoms with Crippen LogP contribution in [0.3, 0.4) is 0 Å². The summed E-state index contributed by atoms with van der Waals surface area (Å²) < 4.78 is 11.4. The van der Waals surface area contributed by atoms with Gasteiger partial charge in [0.15, 0.2) is 0 Å². The minimum Gasteiger partial charge on any atom is -0.491 e. The molecule has 0 aliphatic carbocycles. The van der Waals surface area contributed by atoms with Gasteiger partial charge in [-0.1, -0.05) is 13.3 Å². The second-order valence-corrected chi connectivity index (χ2v) is 6.01. The molecule has 124 valence electrons. The third-order valence-electron chi connectivity index (χ3n) is 3.47. The molecule has 0 aromatic heterocycles. The maximum Gasteiger partial charge on any atom is 0.256 e. The molecule has 1 N–H and O–H groups in total. The van der Waals surface area contributed by atoms with Gasteiger partial charge in [-0.25, -0.2) is 0 Å². The highest BCUT2D eigenvalue weighted by Crippen LogP contribution is 2.25. The number of amides is 1. The average molecular weight is 307 g/mol. The van der Waals surface area contributed by atoms with Crippen LogP contribution in [-0.2, 0) is 9.53 Å². The maximum atomic E-state index is 12.5. The Hall–Kier alpha value is -1.55. The third-order valence-corrected chi connectivity index (χ3v) is 3.47. The monoisotopic (exact) mass is 307 g/mol. The molecule has 0 saturated heterocycles. The number of ether oxygens (including phenoxy) is 2. The number of anilines is 1. The molecule has 0 aliphatic heterocycles. The predicted octanol–water partition coefficient (Wildman–Crippen LogP) is 4.32. The number of carbonyl (C=O) groups is 1. The summed E-state index contributed by atoms with van der Waals surface area (Å²) >= 11 is 0. The number of carbonyl (C=O) groups excluding carboxylic acids is 1. The van der Waals surface area contributed by atoms with Gasteiger partial charge in [0.1, 0.15) is 11.4 Å². The number of benzene rings is 1. The zero-order valence-electron chi connectivity index (χ0n) is 14.7. The van der Waals surface area contributed by atoms with Gasteiger partial charge in [-0.2, -0.15) is 0 Å². The van der Waals surface area contributed by atoms with Crippen LogP contribution in [-0.4, -0.2) is 24.2 Å². The molecule has 0 saturated carbocycles. The molecule has 1 atom stereocenters. The number of aryl methyl sites for hydroxylation is 1. The van der Waals surface area contributed by atoms with E-state index in [9.17, 15) is 4.79 Å². The van der Waals surface area contributed by atoms with E-state index in [0.29, 0.717) is 13.0 Å². The van der Waals surface area contributed by atoms with Gasteiger partial charge in [0.2, 0.25) is 0 Å². The van der Waals surface area contributed by atoms with Gasteiger partial charge >= 0.3 is 0 Å². The van der Waals surface area contributed by atoms with Crippen molar-refractivity contribution in [1.29, 1.82) is 0 Å². The van der Waals surface area contributed by atoms with E-state index in [1.54, 1.807) is 0 Å². The van der Waals surface area contributed by atoms with Gasteiger partial charge in [0, 0.05) is 12.3 Å². The van der Waals surface area contributed by atoms with E-state index in [-0.39, 0.29) is 12.0 Å². The second-order valence-electron chi connectivity index (χ2n) is 6.01. The highest BCUT2D eigenvalue weighted by Gasteiger charge is 2.32. The molecule has 1 aromatic carbocycles. The summed E-state index contributed by atoms with van der Waals surface area (Å²) in [6.07, 6.45) is 1.72. The summed E-state index contributed by atoms with van der Waals surface area (Å²) in [5.41, 5.74) is 0.977. The number of rotatable bonds is 8. The van der Waals surface area contributed by atoms with Crippen LogP contribution in [0, 0.1) is 6.92 Å². The van der Waals surface area contributed by atoms with E-state index in [1.807, 2.05) is 59.7 Å². The fourth-order valence-electron chi connectivity index (χ4n) is 2.42. The first kappa shape index (κ1) is 18.5. The topological polar surface area (TPSA) is 47.6 Å². The molecule has 0 heterocycles. The van der Waals surface area contributed by atoms with Gasteiger partial charge < -0.3 is 14.8 Å². The molecule has 1 rings (SSSR count). The van der Waals surface area contributed by atoms with Crippen molar-refractivity contribution in [1.82, 2.24) is 0 Å². The van der Waals surface area contributed by atoms with Crippen molar-refractivity contribution >= 4 is 11.6 Å². The van der Waals surface area contributed by atoms with Crippen LogP contribution in [0.15, 0.2) is 18.2 Å². The molecule has 0 unspecified atom stereocenters. The zero-order valence-corrected chi connectivity index (χ0v) is 14.7. The summed E-state index contributed by atoms with van der Waals surface area (Å²) in [6.45, 7) is 12.3. The number of hydrogen-bond donors (Lipinski definition) is 1. The Labute approximate surface area is 134 Å². The normalized spacial score (nSPS) is 13.8. The van der Waals surface area contributed by atoms with Crippen molar-refractivity contribution in [2.45, 2.75) is 66.1 Å². The van der Waals surface area contributed by atoms with Gasteiger partial charge in [-0.05, 0) is 64.8 Å². The summed E-state index contributed by atoms with van der Waals surface area (Å²) in [4.78, 5) is 12.5. The molecule has 1 amide bonds. The Morgan fingerprint density at radius 2 is 2.00 bits per heavy atom. The lowest BCUT2D eigenvalue weighted by atomic mass is 9.99. The molecular weight excluding hydrogens is 278 g/mol. The fraction of sp³-hybridized carbons (Fsp3) is 0.611. The quantitative estimate of drug-likeness (QED) is 0.778. The summed E-state index contributed by atoms with van der Waals surface area (Å²) in [6, 6.07) is 5.68. The Kier molecular flexibility index (Phi) is 6.88. The highest BCUT2D eigenvalue weighted by molar-refractivity contribution is 5.97. The molecule has 22 heavy (non-hydrogen) atoms. The average Bonchev–Trinajstić information content (AvgIpc) is 2.42. The predicted molar refractivity (Wildman–Crippen MR) is 90.5 cm³/mol. The fourth-order valence-corrected chi connectivity index (χ4v) is 2.42. The minimum atomic E-state index is -0.787. The molecule has 0 bridgehead atoms. The molecular formula is C18H29NO3. The van der Waals surface area contributed by atoms with Crippen molar-refractivity contribution in [2.24, 2.45) is 0 Å². The van der Waals surface area contributed by atoms with Gasteiger partial charge in [-0.3, -0.25) is 4.79 Å². The number of nitrogens with one attached hydrogen (secondary N) is 1. The second kappa shape index (κ2) is 8.18. The van der Waals surface area contributed by atoms with E-state index in [4.69, 9.17) is 9.47 Å². The Morgan fingerprint density at radius 1 is 1.32 bits per heavy atom. The Balaban J connectivity index is 2.85. The van der Waals surface area contributed by atoms with Crippen LogP contribution in [0.25, 0.3) is 0 Å². The van der Waals surface area contributed by atoms with E-state index < -0.39 is 5.60 Å². The standard InChI is InChI=1S/C18H29NO3/c1-7-11-18(6,21-8-2)17(20)19-15-9-10-16(14(5)12-15)22-13(3)4/h9-10,12-13H,7-8,11H2,1-6H3,(H,19,20)/t18-/m1/s1. The van der Waals surface area contributed by atoms with Crippen LogP contribution >= 0.6 is 0 Å². The van der Waals surface area contributed by atoms with Crippen LogP contribution in [0.5, 0.6) is 5.75 Å². The van der Waals surface area contributed by atoms with E-state index in [2.05, 4.69) is 5.32 Å². The van der Waals surface area contributed by atoms with E-state index in [0.717, 1.165) is 23.4 Å². The van der Waals surface area contributed by atoms with Crippen molar-refractivity contribution < 1.29 is 14.3 Å². The molecule has 0 aliphatic rings. The van der Waals surface area contributed by atoms with Crippen molar-refractivity contribution in [2.75, 3.05) is 11.9 Å². The molecule has 0 fully saturated rings. The van der Waals surface area contributed by atoms with Crippen molar-refractivity contribution in [3.05, 3.63) is 23.8 Å². The third kappa shape index (κ3) is 5.02. The summed E-state index contributed by atoms with van der Waals surface area (Å²) in [7, 11) is 0. The Bertz CT molecular complexity index is 491. The van der Waals surface area contributed by atoms with Gasteiger partial charge in [0.05, 0.1) is 6.10 Å². The molecule has 4 nitrogen and oxygen atoms in total. The summed E-state index contributed by atoms with van der Waals surface area (Å²) in [5, 5.41) is 2.95. The van der Waals surface area contributed by atoms with Crippen LogP contribution in [0.2, 0.25) is 0 Å².